The van der Waals surface area contributed by atoms with Gasteiger partial charge in [-0.1, -0.05) is 31.3 Å². The number of rotatable bonds is 2. The van der Waals surface area contributed by atoms with Crippen molar-refractivity contribution in [2.45, 2.75) is 20.4 Å². The zero-order valence-electron chi connectivity index (χ0n) is 8.06. The fourth-order valence-corrected chi connectivity index (χ4v) is 1.48. The van der Waals surface area contributed by atoms with Gasteiger partial charge in [0, 0.05) is 6.54 Å². The van der Waals surface area contributed by atoms with Gasteiger partial charge in [-0.2, -0.15) is 0 Å². The van der Waals surface area contributed by atoms with Gasteiger partial charge in [0.15, 0.2) is 15.8 Å². The summed E-state index contributed by atoms with van der Waals surface area (Å²) in [6.07, 6.45) is 1.57. The number of nitrogens with zero attached hydrogens (tertiary/aromatic N) is 4. The van der Waals surface area contributed by atoms with E-state index in [0.29, 0.717) is 16.1 Å². The number of nitrogens with one attached hydrogen (secondary N) is 1. The maximum Gasteiger partial charge on any atom is 0.166 e. The molecule has 2 rings (SSSR count). The molecule has 0 unspecified atom stereocenters. The zero-order chi connectivity index (χ0) is 10.1. The summed E-state index contributed by atoms with van der Waals surface area (Å²) >= 11 is 5.03. The molecule has 0 aromatic carbocycles. The number of hydrogen-bond acceptors (Lipinski definition) is 4. The molecule has 2 heterocycles. The highest BCUT2D eigenvalue weighted by atomic mass is 32.1. The molecule has 0 bridgehead atoms. The Hall–Kier alpha value is -1.30. The third-order valence-electron chi connectivity index (χ3n) is 1.86. The van der Waals surface area contributed by atoms with Crippen molar-refractivity contribution in [3.8, 4) is 0 Å². The van der Waals surface area contributed by atoms with Gasteiger partial charge in [-0.05, 0) is 5.92 Å². The van der Waals surface area contributed by atoms with Crippen LogP contribution in [0.4, 0.5) is 0 Å². The van der Waals surface area contributed by atoms with Crippen LogP contribution in [-0.4, -0.2) is 25.0 Å². The summed E-state index contributed by atoms with van der Waals surface area (Å²) in [5.41, 5.74) is 1.52. The van der Waals surface area contributed by atoms with E-state index in [2.05, 4.69) is 34.1 Å². The second kappa shape index (κ2) is 3.45. The molecule has 14 heavy (non-hydrogen) atoms. The highest BCUT2D eigenvalue weighted by Gasteiger charge is 2.07. The Morgan fingerprint density at radius 3 is 3.07 bits per heavy atom. The van der Waals surface area contributed by atoms with E-state index in [1.165, 1.54) is 0 Å². The van der Waals surface area contributed by atoms with E-state index >= 15 is 0 Å². The first-order valence-electron chi connectivity index (χ1n) is 4.45. The van der Waals surface area contributed by atoms with Crippen LogP contribution < -0.4 is 0 Å². The Bertz CT molecular complexity index is 498. The summed E-state index contributed by atoms with van der Waals surface area (Å²) in [5, 5.41) is 8.01. The summed E-state index contributed by atoms with van der Waals surface area (Å²) in [6, 6.07) is 0. The summed E-state index contributed by atoms with van der Waals surface area (Å²) in [7, 11) is 0. The van der Waals surface area contributed by atoms with Crippen LogP contribution in [0.2, 0.25) is 0 Å². The maximum atomic E-state index is 5.03. The second-order valence-electron chi connectivity index (χ2n) is 3.57. The average molecular weight is 209 g/mol. The Kier molecular flexibility index (Phi) is 2.28. The molecule has 0 atom stereocenters. The molecular weight excluding hydrogens is 198 g/mol. The van der Waals surface area contributed by atoms with Gasteiger partial charge in [-0.15, -0.1) is 5.10 Å². The molecule has 0 fully saturated rings. The van der Waals surface area contributed by atoms with E-state index in [-0.39, 0.29) is 0 Å². The van der Waals surface area contributed by atoms with Crippen LogP contribution in [-0.2, 0) is 6.54 Å². The number of H-pyrrole nitrogens is 1. The van der Waals surface area contributed by atoms with Crippen molar-refractivity contribution >= 4 is 23.4 Å². The van der Waals surface area contributed by atoms with Gasteiger partial charge in [0.1, 0.15) is 0 Å². The molecule has 0 aliphatic rings. The quantitative estimate of drug-likeness (QED) is 0.762. The summed E-state index contributed by atoms with van der Waals surface area (Å²) in [6.45, 7) is 5.08. The molecule has 0 aliphatic heterocycles. The van der Waals surface area contributed by atoms with E-state index < -0.39 is 0 Å². The Morgan fingerprint density at radius 1 is 1.57 bits per heavy atom. The van der Waals surface area contributed by atoms with Crippen LogP contribution in [0.3, 0.4) is 0 Å². The van der Waals surface area contributed by atoms with Gasteiger partial charge in [-0.25, -0.2) is 9.67 Å². The largest absolute Gasteiger partial charge is 0.329 e. The van der Waals surface area contributed by atoms with E-state index in [4.69, 9.17) is 12.2 Å². The van der Waals surface area contributed by atoms with Crippen LogP contribution in [0.5, 0.6) is 0 Å². The first kappa shape index (κ1) is 9.26. The molecule has 0 aliphatic carbocycles. The van der Waals surface area contributed by atoms with Gasteiger partial charge in [-0.3, -0.25) is 0 Å². The third-order valence-corrected chi connectivity index (χ3v) is 2.16. The van der Waals surface area contributed by atoms with Crippen molar-refractivity contribution in [2.75, 3.05) is 0 Å². The normalized spacial score (nSPS) is 11.4. The van der Waals surface area contributed by atoms with Gasteiger partial charge in [0.2, 0.25) is 0 Å². The van der Waals surface area contributed by atoms with Crippen molar-refractivity contribution in [1.82, 2.24) is 25.0 Å². The highest BCUT2D eigenvalue weighted by Crippen LogP contribution is 2.08. The lowest BCUT2D eigenvalue weighted by molar-refractivity contribution is 0.480. The lowest BCUT2D eigenvalue weighted by Crippen LogP contribution is -2.06. The van der Waals surface area contributed by atoms with Crippen LogP contribution >= 0.6 is 12.2 Å². The molecule has 0 saturated heterocycles. The lowest BCUT2D eigenvalue weighted by Gasteiger charge is -2.03. The fourth-order valence-electron chi connectivity index (χ4n) is 1.29. The lowest BCUT2D eigenvalue weighted by atomic mass is 10.2. The van der Waals surface area contributed by atoms with Crippen molar-refractivity contribution in [3.63, 3.8) is 0 Å². The van der Waals surface area contributed by atoms with Crippen molar-refractivity contribution < 1.29 is 0 Å². The van der Waals surface area contributed by atoms with Crippen molar-refractivity contribution in [1.29, 1.82) is 0 Å². The van der Waals surface area contributed by atoms with Crippen LogP contribution in [0.1, 0.15) is 13.8 Å². The van der Waals surface area contributed by atoms with E-state index in [1.807, 2.05) is 4.68 Å². The van der Waals surface area contributed by atoms with Gasteiger partial charge in [0.05, 0.1) is 6.33 Å². The van der Waals surface area contributed by atoms with Crippen molar-refractivity contribution in [3.05, 3.63) is 11.0 Å². The fraction of sp³-hybridized carbons (Fsp3) is 0.500. The summed E-state index contributed by atoms with van der Waals surface area (Å²) in [5.74, 6) is 0.523. The van der Waals surface area contributed by atoms with E-state index in [1.54, 1.807) is 6.33 Å². The Morgan fingerprint density at radius 2 is 2.36 bits per heavy atom. The molecule has 74 valence electrons. The van der Waals surface area contributed by atoms with Gasteiger partial charge >= 0.3 is 0 Å². The second-order valence-corrected chi connectivity index (χ2v) is 3.96. The first-order valence-corrected chi connectivity index (χ1v) is 4.86. The molecule has 0 spiro atoms. The van der Waals surface area contributed by atoms with Crippen LogP contribution in [0.25, 0.3) is 11.2 Å². The predicted molar refractivity (Wildman–Crippen MR) is 55.3 cm³/mol. The monoisotopic (exact) mass is 209 g/mol. The third kappa shape index (κ3) is 1.52. The predicted octanol–water partition coefficient (Wildman–Crippen LogP) is 1.54. The average Bonchev–Trinajstić information content (AvgIpc) is 2.49. The first-order chi connectivity index (χ1) is 6.68. The molecule has 6 heteroatoms. The molecule has 0 radical (unpaired) electrons. The van der Waals surface area contributed by atoms with E-state index in [0.717, 1.165) is 12.2 Å². The Balaban J connectivity index is 2.58. The molecular formula is C8H11N5S. The zero-order valence-corrected chi connectivity index (χ0v) is 8.88. The summed E-state index contributed by atoms with van der Waals surface area (Å²) < 4.78 is 2.31. The molecule has 0 amide bonds. The standard InChI is InChI=1S/C8H11N5S/c1-5(2)3-13-7-6(11-12-13)8(14)10-4-9-7/h4-5H,3H2,1-2H3,(H,9,10,14). The smallest absolute Gasteiger partial charge is 0.166 e. The van der Waals surface area contributed by atoms with Gasteiger partial charge in [0.25, 0.3) is 0 Å². The molecule has 2 aromatic rings. The minimum atomic E-state index is 0.494. The minimum absolute atomic E-state index is 0.494. The molecule has 5 nitrogen and oxygen atoms in total. The minimum Gasteiger partial charge on any atom is -0.329 e. The topological polar surface area (TPSA) is 59.4 Å². The molecule has 1 N–H and O–H groups in total. The highest BCUT2D eigenvalue weighted by molar-refractivity contribution is 7.71. The Labute approximate surface area is 86.2 Å². The summed E-state index contributed by atoms with van der Waals surface area (Å²) in [4.78, 5) is 6.95. The SMILES string of the molecule is CC(C)Cn1nnc2c(=S)nc[nH]c21. The van der Waals surface area contributed by atoms with Crippen LogP contribution in [0.15, 0.2) is 6.33 Å². The van der Waals surface area contributed by atoms with Crippen LogP contribution in [0, 0.1) is 10.6 Å². The molecule has 0 saturated carbocycles. The van der Waals surface area contributed by atoms with Crippen molar-refractivity contribution in [2.24, 2.45) is 5.92 Å². The maximum absolute atomic E-state index is 5.03. The number of hydrogen-bond donors (Lipinski definition) is 1. The number of fused-ring (bicyclic) bond motifs is 1. The van der Waals surface area contributed by atoms with E-state index in [9.17, 15) is 0 Å². The van der Waals surface area contributed by atoms with Gasteiger partial charge < -0.3 is 4.98 Å². The number of aromatic nitrogens is 5. The number of aromatic amines is 1. The molecule has 2 aromatic heterocycles.